The van der Waals surface area contributed by atoms with Gasteiger partial charge in [0.15, 0.2) is 5.82 Å². The summed E-state index contributed by atoms with van der Waals surface area (Å²) in [5, 5.41) is 14.4. The van der Waals surface area contributed by atoms with E-state index < -0.39 is 6.10 Å². The zero-order chi connectivity index (χ0) is 16.9. The summed E-state index contributed by atoms with van der Waals surface area (Å²) in [5.74, 6) is 1.65. The van der Waals surface area contributed by atoms with Crippen LogP contribution in [0.3, 0.4) is 0 Å². The Bertz CT molecular complexity index is 502. The minimum atomic E-state index is -0.511. The zero-order valence-electron chi connectivity index (χ0n) is 14.7. The maximum absolute atomic E-state index is 10.3. The maximum Gasteiger partial charge on any atom is 0.229 e. The van der Waals surface area contributed by atoms with Gasteiger partial charge in [0.1, 0.15) is 0 Å². The third-order valence-corrected chi connectivity index (χ3v) is 4.70. The lowest BCUT2D eigenvalue weighted by molar-refractivity contribution is -0.0264. The van der Waals surface area contributed by atoms with Gasteiger partial charge >= 0.3 is 0 Å². The number of nitrogens with zero attached hydrogens (tertiary/aromatic N) is 3. The summed E-state index contributed by atoms with van der Waals surface area (Å²) in [7, 11) is 0. The Morgan fingerprint density at radius 2 is 2.21 bits per heavy atom. The zero-order valence-corrected chi connectivity index (χ0v) is 14.7. The summed E-state index contributed by atoms with van der Waals surface area (Å²) >= 11 is 0. The quantitative estimate of drug-likeness (QED) is 0.774. The number of aliphatic hydroxyl groups excluding tert-OH is 1. The highest BCUT2D eigenvalue weighted by molar-refractivity contribution is 5.00. The van der Waals surface area contributed by atoms with E-state index in [1.165, 1.54) is 0 Å². The molecule has 0 bridgehead atoms. The summed E-state index contributed by atoms with van der Waals surface area (Å²) in [5.41, 5.74) is 0. The van der Waals surface area contributed by atoms with Crippen molar-refractivity contribution in [2.45, 2.75) is 63.7 Å². The lowest BCUT2D eigenvalue weighted by Gasteiger charge is -2.24. The van der Waals surface area contributed by atoms with Crippen LogP contribution in [0.1, 0.15) is 63.2 Å². The molecule has 0 unspecified atom stereocenters. The van der Waals surface area contributed by atoms with Gasteiger partial charge in [0.05, 0.1) is 31.5 Å². The first-order valence-electron chi connectivity index (χ1n) is 9.08. The molecule has 2 saturated heterocycles. The van der Waals surface area contributed by atoms with Crippen molar-refractivity contribution < 1.29 is 19.1 Å². The first kappa shape index (κ1) is 17.8. The van der Waals surface area contributed by atoms with Crippen LogP contribution in [0.2, 0.25) is 0 Å². The number of hydrogen-bond acceptors (Lipinski definition) is 7. The molecule has 2 aliphatic heterocycles. The Morgan fingerprint density at radius 1 is 1.33 bits per heavy atom. The molecule has 0 aliphatic carbocycles. The SMILES string of the molecule is CC(C)c1nc([C@@H]2CCCN2C[C@@H](O)COC[C@@H]2CCCO2)no1. The van der Waals surface area contributed by atoms with Crippen molar-refractivity contribution in [2.24, 2.45) is 0 Å². The number of aromatic nitrogens is 2. The van der Waals surface area contributed by atoms with Crippen LogP contribution in [0.15, 0.2) is 4.52 Å². The molecule has 0 spiro atoms. The minimum Gasteiger partial charge on any atom is -0.389 e. The third kappa shape index (κ3) is 4.53. The second kappa shape index (κ2) is 8.38. The van der Waals surface area contributed by atoms with Gasteiger partial charge in [-0.1, -0.05) is 19.0 Å². The van der Waals surface area contributed by atoms with Crippen LogP contribution < -0.4 is 0 Å². The highest BCUT2D eigenvalue weighted by Crippen LogP contribution is 2.30. The van der Waals surface area contributed by atoms with Crippen LogP contribution >= 0.6 is 0 Å². The predicted octanol–water partition coefficient (Wildman–Crippen LogP) is 1.89. The molecule has 136 valence electrons. The van der Waals surface area contributed by atoms with Gasteiger partial charge in [0.2, 0.25) is 5.89 Å². The Labute approximate surface area is 143 Å². The van der Waals surface area contributed by atoms with Gasteiger partial charge in [0.25, 0.3) is 0 Å². The Hall–Kier alpha value is -1.02. The summed E-state index contributed by atoms with van der Waals surface area (Å²) in [6, 6.07) is 0.133. The minimum absolute atomic E-state index is 0.133. The van der Waals surface area contributed by atoms with Crippen molar-refractivity contribution in [2.75, 3.05) is 32.9 Å². The average molecular weight is 339 g/mol. The molecule has 2 fully saturated rings. The summed E-state index contributed by atoms with van der Waals surface area (Å²) in [6.45, 7) is 7.34. The van der Waals surface area contributed by atoms with Gasteiger partial charge in [-0.25, -0.2) is 0 Å². The van der Waals surface area contributed by atoms with Crippen molar-refractivity contribution in [1.82, 2.24) is 15.0 Å². The monoisotopic (exact) mass is 339 g/mol. The van der Waals surface area contributed by atoms with E-state index in [1.807, 2.05) is 13.8 Å². The number of hydrogen-bond donors (Lipinski definition) is 1. The van der Waals surface area contributed by atoms with Crippen LogP contribution in [0.4, 0.5) is 0 Å². The number of likely N-dealkylation sites (tertiary alicyclic amines) is 1. The number of ether oxygens (including phenoxy) is 2. The van der Waals surface area contributed by atoms with Crippen LogP contribution in [0.25, 0.3) is 0 Å². The maximum atomic E-state index is 10.3. The molecule has 0 amide bonds. The van der Waals surface area contributed by atoms with Crippen molar-refractivity contribution in [3.8, 4) is 0 Å². The Balaban J connectivity index is 1.45. The van der Waals surface area contributed by atoms with E-state index in [1.54, 1.807) is 0 Å². The standard InChI is InChI=1S/C17H29N3O4/c1-12(2)17-18-16(19-24-17)15-6-3-7-20(15)9-13(21)10-22-11-14-5-4-8-23-14/h12-15,21H,3-11H2,1-2H3/t13-,14+,15+/m1/s1. The first-order valence-corrected chi connectivity index (χ1v) is 9.08. The number of rotatable bonds is 8. The fraction of sp³-hybridized carbons (Fsp3) is 0.882. The molecule has 1 N–H and O–H groups in total. The van der Waals surface area contributed by atoms with E-state index in [4.69, 9.17) is 14.0 Å². The van der Waals surface area contributed by atoms with Crippen molar-refractivity contribution in [1.29, 1.82) is 0 Å². The van der Waals surface area contributed by atoms with Gasteiger partial charge in [0, 0.05) is 19.1 Å². The highest BCUT2D eigenvalue weighted by atomic mass is 16.5. The normalized spacial score (nSPS) is 26.5. The molecule has 1 aromatic heterocycles. The predicted molar refractivity (Wildman–Crippen MR) is 87.7 cm³/mol. The Kier molecular flexibility index (Phi) is 6.21. The van der Waals surface area contributed by atoms with Gasteiger partial charge in [-0.3, -0.25) is 4.90 Å². The molecule has 7 nitrogen and oxygen atoms in total. The van der Waals surface area contributed by atoms with Crippen LogP contribution in [0.5, 0.6) is 0 Å². The van der Waals surface area contributed by atoms with Gasteiger partial charge < -0.3 is 19.1 Å². The molecule has 24 heavy (non-hydrogen) atoms. The van der Waals surface area contributed by atoms with E-state index in [2.05, 4.69) is 15.0 Å². The van der Waals surface area contributed by atoms with Crippen molar-refractivity contribution >= 4 is 0 Å². The van der Waals surface area contributed by atoms with E-state index >= 15 is 0 Å². The highest BCUT2D eigenvalue weighted by Gasteiger charge is 2.31. The van der Waals surface area contributed by atoms with Crippen molar-refractivity contribution in [3.05, 3.63) is 11.7 Å². The number of β-amino-alcohol motifs (C(OH)–C–C–N with tert-alkyl or cyclic N) is 1. The summed E-state index contributed by atoms with van der Waals surface area (Å²) < 4.78 is 16.5. The van der Waals surface area contributed by atoms with E-state index in [9.17, 15) is 5.11 Å². The molecule has 1 aromatic rings. The molecular weight excluding hydrogens is 310 g/mol. The Morgan fingerprint density at radius 3 is 2.92 bits per heavy atom. The fourth-order valence-corrected chi connectivity index (χ4v) is 3.39. The van der Waals surface area contributed by atoms with E-state index in [0.29, 0.717) is 25.6 Å². The third-order valence-electron chi connectivity index (χ3n) is 4.70. The van der Waals surface area contributed by atoms with Crippen molar-refractivity contribution in [3.63, 3.8) is 0 Å². The molecule has 0 radical (unpaired) electrons. The molecule has 2 aliphatic rings. The van der Waals surface area contributed by atoms with Gasteiger partial charge in [-0.15, -0.1) is 0 Å². The lowest BCUT2D eigenvalue weighted by Crippen LogP contribution is -2.35. The summed E-state index contributed by atoms with van der Waals surface area (Å²) in [6.07, 6.45) is 3.93. The molecule has 3 rings (SSSR count). The second-order valence-electron chi connectivity index (χ2n) is 7.12. The molecule has 3 atom stereocenters. The summed E-state index contributed by atoms with van der Waals surface area (Å²) in [4.78, 5) is 6.75. The van der Waals surface area contributed by atoms with Crippen LogP contribution in [0, 0.1) is 0 Å². The fourth-order valence-electron chi connectivity index (χ4n) is 3.39. The molecule has 3 heterocycles. The molecule has 0 aromatic carbocycles. The molecule has 0 saturated carbocycles. The number of aliphatic hydroxyl groups is 1. The molecule has 7 heteroatoms. The van der Waals surface area contributed by atoms with Crippen LogP contribution in [-0.4, -0.2) is 65.3 Å². The van der Waals surface area contributed by atoms with E-state index in [-0.39, 0.29) is 18.1 Å². The smallest absolute Gasteiger partial charge is 0.229 e. The topological polar surface area (TPSA) is 80.9 Å². The first-order chi connectivity index (χ1) is 11.6. The van der Waals surface area contributed by atoms with E-state index in [0.717, 1.165) is 44.7 Å². The van der Waals surface area contributed by atoms with Crippen LogP contribution in [-0.2, 0) is 9.47 Å². The largest absolute Gasteiger partial charge is 0.389 e. The van der Waals surface area contributed by atoms with Gasteiger partial charge in [-0.05, 0) is 32.2 Å². The molecular formula is C17H29N3O4. The average Bonchev–Trinajstić information content (AvgIpc) is 3.28. The van der Waals surface area contributed by atoms with Gasteiger partial charge in [-0.2, -0.15) is 4.98 Å². The lowest BCUT2D eigenvalue weighted by atomic mass is 10.2. The second-order valence-corrected chi connectivity index (χ2v) is 7.12.